The number of esters is 1. The summed E-state index contributed by atoms with van der Waals surface area (Å²) in [5, 5.41) is 14.8. The van der Waals surface area contributed by atoms with Crippen molar-refractivity contribution in [2.45, 2.75) is 38.6 Å². The van der Waals surface area contributed by atoms with E-state index in [1.807, 2.05) is 6.92 Å². The third kappa shape index (κ3) is 3.93. The Morgan fingerprint density at radius 3 is 2.60 bits per heavy atom. The molecule has 0 aliphatic carbocycles. The second kappa shape index (κ2) is 7.23. The average molecular weight is 286 g/mol. The molecule has 7 heteroatoms. The minimum Gasteiger partial charge on any atom is -0.480 e. The number of hydrogen-bond acceptors (Lipinski definition) is 5. The smallest absolute Gasteiger partial charge is 0.326 e. The normalized spacial score (nSPS) is 23.1. The van der Waals surface area contributed by atoms with E-state index in [0.717, 1.165) is 6.54 Å². The highest BCUT2D eigenvalue weighted by molar-refractivity contribution is 5.88. The van der Waals surface area contributed by atoms with Gasteiger partial charge in [0.1, 0.15) is 6.04 Å². The highest BCUT2D eigenvalue weighted by atomic mass is 16.5. The molecule has 0 bridgehead atoms. The number of carbonyl (C=O) groups is 3. The Labute approximate surface area is 118 Å². The molecule has 1 heterocycles. The number of ether oxygens (including phenoxy) is 1. The fourth-order valence-electron chi connectivity index (χ4n) is 2.33. The van der Waals surface area contributed by atoms with Crippen LogP contribution < -0.4 is 10.6 Å². The van der Waals surface area contributed by atoms with Gasteiger partial charge in [-0.2, -0.15) is 0 Å². The molecule has 0 aromatic carbocycles. The molecule has 1 aliphatic heterocycles. The van der Waals surface area contributed by atoms with Gasteiger partial charge in [-0.25, -0.2) is 4.79 Å². The molecule has 2 unspecified atom stereocenters. The highest BCUT2D eigenvalue weighted by Gasteiger charge is 2.40. The van der Waals surface area contributed by atoms with Crippen LogP contribution in [0.1, 0.15) is 32.6 Å². The highest BCUT2D eigenvalue weighted by Crippen LogP contribution is 2.29. The Hall–Kier alpha value is -1.63. The first-order valence-electron chi connectivity index (χ1n) is 6.76. The van der Waals surface area contributed by atoms with Gasteiger partial charge in [-0.05, 0) is 25.8 Å². The van der Waals surface area contributed by atoms with Crippen molar-refractivity contribution in [3.63, 3.8) is 0 Å². The van der Waals surface area contributed by atoms with E-state index in [1.165, 1.54) is 7.11 Å². The van der Waals surface area contributed by atoms with E-state index in [9.17, 15) is 14.4 Å². The first-order valence-corrected chi connectivity index (χ1v) is 6.76. The van der Waals surface area contributed by atoms with Crippen LogP contribution in [-0.4, -0.2) is 49.2 Å². The summed E-state index contributed by atoms with van der Waals surface area (Å²) in [5.74, 6) is -1.89. The van der Waals surface area contributed by atoms with Crippen molar-refractivity contribution in [3.8, 4) is 0 Å². The van der Waals surface area contributed by atoms with Gasteiger partial charge in [0.25, 0.3) is 0 Å². The van der Waals surface area contributed by atoms with Crippen LogP contribution in [0.3, 0.4) is 0 Å². The summed E-state index contributed by atoms with van der Waals surface area (Å²) in [5.41, 5.74) is -0.543. The Bertz CT molecular complexity index is 377. The zero-order valence-electron chi connectivity index (χ0n) is 11.9. The van der Waals surface area contributed by atoms with E-state index < -0.39 is 23.4 Å². The minimum absolute atomic E-state index is 0.0287. The molecular formula is C13H22N2O5. The average Bonchev–Trinajstić information content (AvgIpc) is 2.92. The van der Waals surface area contributed by atoms with Gasteiger partial charge in [0.15, 0.2) is 0 Å². The van der Waals surface area contributed by atoms with E-state index in [0.29, 0.717) is 19.4 Å². The van der Waals surface area contributed by atoms with Gasteiger partial charge >= 0.3 is 11.9 Å². The van der Waals surface area contributed by atoms with Crippen LogP contribution >= 0.6 is 0 Å². The molecule has 7 nitrogen and oxygen atoms in total. The van der Waals surface area contributed by atoms with Crippen molar-refractivity contribution in [1.29, 1.82) is 0 Å². The van der Waals surface area contributed by atoms with Gasteiger partial charge in [0.05, 0.1) is 12.5 Å². The zero-order chi connectivity index (χ0) is 15.2. The first kappa shape index (κ1) is 16.4. The maximum atomic E-state index is 12.3. The van der Waals surface area contributed by atoms with Gasteiger partial charge in [-0.3, -0.25) is 9.59 Å². The van der Waals surface area contributed by atoms with Crippen LogP contribution in [0.2, 0.25) is 0 Å². The van der Waals surface area contributed by atoms with Crippen LogP contribution in [-0.2, 0) is 19.1 Å². The Morgan fingerprint density at radius 2 is 2.15 bits per heavy atom. The van der Waals surface area contributed by atoms with Crippen LogP contribution in [0.4, 0.5) is 0 Å². The maximum absolute atomic E-state index is 12.3. The predicted molar refractivity (Wildman–Crippen MR) is 71.0 cm³/mol. The lowest BCUT2D eigenvalue weighted by Gasteiger charge is -2.27. The van der Waals surface area contributed by atoms with Crippen molar-refractivity contribution >= 4 is 17.8 Å². The van der Waals surface area contributed by atoms with Gasteiger partial charge in [-0.15, -0.1) is 0 Å². The topological polar surface area (TPSA) is 105 Å². The van der Waals surface area contributed by atoms with Gasteiger partial charge < -0.3 is 20.5 Å². The second-order valence-electron chi connectivity index (χ2n) is 5.04. The molecule has 1 aliphatic rings. The fourth-order valence-corrected chi connectivity index (χ4v) is 2.33. The fraction of sp³-hybridized carbons (Fsp3) is 0.769. The number of aliphatic carboxylic acids is 1. The molecular weight excluding hydrogens is 264 g/mol. The summed E-state index contributed by atoms with van der Waals surface area (Å²) in [7, 11) is 1.24. The number of rotatable bonds is 7. The van der Waals surface area contributed by atoms with E-state index >= 15 is 0 Å². The largest absolute Gasteiger partial charge is 0.480 e. The molecule has 114 valence electrons. The summed E-state index contributed by atoms with van der Waals surface area (Å²) in [6.45, 7) is 3.22. The summed E-state index contributed by atoms with van der Waals surface area (Å²) < 4.78 is 4.47. The van der Waals surface area contributed by atoms with Crippen LogP contribution in [0.25, 0.3) is 0 Å². The molecule has 1 amide bonds. The summed E-state index contributed by atoms with van der Waals surface area (Å²) in [6.07, 6.45) is 1.33. The van der Waals surface area contributed by atoms with Crippen LogP contribution in [0, 0.1) is 5.41 Å². The monoisotopic (exact) mass is 286 g/mol. The molecule has 0 spiro atoms. The Balaban J connectivity index is 2.63. The summed E-state index contributed by atoms with van der Waals surface area (Å²) >= 11 is 0. The first-order chi connectivity index (χ1) is 9.45. The quantitative estimate of drug-likeness (QED) is 0.564. The molecule has 1 fully saturated rings. The number of hydrogen-bond donors (Lipinski definition) is 3. The van der Waals surface area contributed by atoms with Crippen molar-refractivity contribution in [1.82, 2.24) is 10.6 Å². The van der Waals surface area contributed by atoms with Gasteiger partial charge in [-0.1, -0.05) is 6.92 Å². The number of carboxylic acid groups (broad SMARTS) is 1. The van der Waals surface area contributed by atoms with Crippen molar-refractivity contribution < 1.29 is 24.2 Å². The number of amides is 1. The maximum Gasteiger partial charge on any atom is 0.326 e. The lowest BCUT2D eigenvalue weighted by molar-refractivity contribution is -0.145. The van der Waals surface area contributed by atoms with Crippen molar-refractivity contribution in [2.75, 3.05) is 20.2 Å². The van der Waals surface area contributed by atoms with Crippen molar-refractivity contribution in [2.24, 2.45) is 5.41 Å². The van der Waals surface area contributed by atoms with Crippen molar-refractivity contribution in [3.05, 3.63) is 0 Å². The standard InChI is InChI=1S/C13H22N2O5/c1-3-13(6-7-14-8-13)12(19)15-9(11(17)18)4-5-10(16)20-2/h9,14H,3-8H2,1-2H3,(H,15,19)(H,17,18). The molecule has 2 atom stereocenters. The van der Waals surface area contributed by atoms with E-state index in [1.54, 1.807) is 0 Å². The number of carboxylic acids is 1. The molecule has 1 rings (SSSR count). The number of methoxy groups -OCH3 is 1. The van der Waals surface area contributed by atoms with Gasteiger partial charge in [0, 0.05) is 13.0 Å². The predicted octanol–water partition coefficient (Wildman–Crippen LogP) is -0.101. The molecule has 0 saturated carbocycles. The third-order valence-electron chi connectivity index (χ3n) is 3.87. The summed E-state index contributed by atoms with van der Waals surface area (Å²) in [6, 6.07) is -1.06. The molecule has 0 aromatic rings. The van der Waals surface area contributed by atoms with E-state index in [-0.39, 0.29) is 18.7 Å². The van der Waals surface area contributed by atoms with E-state index in [2.05, 4.69) is 15.4 Å². The number of carbonyl (C=O) groups excluding carboxylic acids is 2. The molecule has 0 aromatic heterocycles. The van der Waals surface area contributed by atoms with E-state index in [4.69, 9.17) is 5.11 Å². The minimum atomic E-state index is -1.14. The third-order valence-corrected chi connectivity index (χ3v) is 3.87. The lowest BCUT2D eigenvalue weighted by Crippen LogP contribution is -2.49. The van der Waals surface area contributed by atoms with Crippen LogP contribution in [0.5, 0.6) is 0 Å². The SMILES string of the molecule is CCC1(C(=O)NC(CCC(=O)OC)C(=O)O)CCNC1. The Morgan fingerprint density at radius 1 is 1.45 bits per heavy atom. The summed E-state index contributed by atoms with van der Waals surface area (Å²) in [4.78, 5) is 34.5. The molecule has 0 radical (unpaired) electrons. The number of nitrogens with one attached hydrogen (secondary N) is 2. The second-order valence-corrected chi connectivity index (χ2v) is 5.04. The zero-order valence-corrected chi connectivity index (χ0v) is 11.9. The lowest BCUT2D eigenvalue weighted by atomic mass is 9.83. The molecule has 20 heavy (non-hydrogen) atoms. The molecule has 1 saturated heterocycles. The van der Waals surface area contributed by atoms with Crippen LogP contribution in [0.15, 0.2) is 0 Å². The molecule has 3 N–H and O–H groups in total. The Kier molecular flexibility index (Phi) is 5.94. The van der Waals surface area contributed by atoms with Gasteiger partial charge in [0.2, 0.25) is 5.91 Å².